The number of nitrogens with one attached hydrogen (secondary N) is 1. The maximum Gasteiger partial charge on any atom is 0.407 e. The monoisotopic (exact) mass is 512 g/mol. The van der Waals surface area contributed by atoms with Crippen LogP contribution in [0.5, 0.6) is 11.5 Å². The van der Waals surface area contributed by atoms with Crippen molar-refractivity contribution < 1.29 is 19.0 Å². The first-order valence-corrected chi connectivity index (χ1v) is 13.4. The van der Waals surface area contributed by atoms with Gasteiger partial charge in [0.05, 0.1) is 24.3 Å². The Morgan fingerprint density at radius 3 is 2.50 bits per heavy atom. The zero-order chi connectivity index (χ0) is 25.6. The van der Waals surface area contributed by atoms with Crippen molar-refractivity contribution in [2.24, 2.45) is 11.3 Å². The highest BCUT2D eigenvalue weighted by molar-refractivity contribution is 6.32. The summed E-state index contributed by atoms with van der Waals surface area (Å²) in [5.41, 5.74) is 4.05. The van der Waals surface area contributed by atoms with E-state index in [4.69, 9.17) is 25.8 Å². The zero-order valence-electron chi connectivity index (χ0n) is 21.9. The Morgan fingerprint density at radius 2 is 1.89 bits per heavy atom. The molecule has 0 aromatic heterocycles. The minimum atomic E-state index is -0.324. The first-order valence-electron chi connectivity index (χ1n) is 13.0. The van der Waals surface area contributed by atoms with Crippen LogP contribution in [0.4, 0.5) is 4.79 Å². The number of fused-ring (bicyclic) bond motifs is 4. The van der Waals surface area contributed by atoms with Gasteiger partial charge >= 0.3 is 6.09 Å². The molecule has 0 spiro atoms. The lowest BCUT2D eigenvalue weighted by molar-refractivity contribution is -0.0349. The predicted molar refractivity (Wildman–Crippen MR) is 142 cm³/mol. The van der Waals surface area contributed by atoms with Gasteiger partial charge in [-0.2, -0.15) is 0 Å². The van der Waals surface area contributed by atoms with Gasteiger partial charge in [0, 0.05) is 12.1 Å². The number of carbonyl (C=O) groups excluding carboxylic acids is 1. The summed E-state index contributed by atoms with van der Waals surface area (Å²) in [6.07, 6.45) is 2.78. The molecule has 2 atom stereocenters. The fourth-order valence-corrected chi connectivity index (χ4v) is 6.32. The first kappa shape index (κ1) is 25.2. The van der Waals surface area contributed by atoms with Crippen LogP contribution in [0.1, 0.15) is 57.7 Å². The number of rotatable bonds is 6. The van der Waals surface area contributed by atoms with E-state index < -0.39 is 0 Å². The molecule has 2 bridgehead atoms. The Bertz CT molecular complexity index is 1140. The van der Waals surface area contributed by atoms with Crippen LogP contribution >= 0.6 is 11.6 Å². The molecule has 3 saturated heterocycles. The second kappa shape index (κ2) is 9.79. The minimum absolute atomic E-state index is 0.0132. The van der Waals surface area contributed by atoms with E-state index in [0.717, 1.165) is 61.3 Å². The Labute approximate surface area is 219 Å². The number of carbonyl (C=O) groups is 1. The molecule has 2 aromatic rings. The molecule has 2 aromatic carbocycles. The molecule has 6 rings (SSSR count). The van der Waals surface area contributed by atoms with E-state index in [2.05, 4.69) is 36.2 Å². The van der Waals surface area contributed by atoms with E-state index in [1.165, 1.54) is 5.56 Å². The van der Waals surface area contributed by atoms with Gasteiger partial charge in [0.2, 0.25) is 0 Å². The molecule has 1 aliphatic carbocycles. The van der Waals surface area contributed by atoms with E-state index >= 15 is 0 Å². The number of hydrogen-bond acceptors (Lipinski definition) is 5. The van der Waals surface area contributed by atoms with Crippen LogP contribution in [0.2, 0.25) is 5.02 Å². The first-order chi connectivity index (χ1) is 17.1. The van der Waals surface area contributed by atoms with Gasteiger partial charge in [-0.25, -0.2) is 4.79 Å². The second-order valence-corrected chi connectivity index (χ2v) is 11.8. The summed E-state index contributed by atoms with van der Waals surface area (Å²) in [7, 11) is 1.67. The molecule has 1 unspecified atom stereocenters. The number of ether oxygens (including phenoxy) is 3. The van der Waals surface area contributed by atoms with Gasteiger partial charge < -0.3 is 19.5 Å². The maximum atomic E-state index is 13.0. The van der Waals surface area contributed by atoms with Crippen molar-refractivity contribution in [3.05, 3.63) is 46.5 Å². The van der Waals surface area contributed by atoms with Gasteiger partial charge in [-0.05, 0) is 98.5 Å². The Morgan fingerprint density at radius 1 is 1.14 bits per heavy atom. The molecule has 3 fully saturated rings. The molecule has 3 aliphatic heterocycles. The number of hydrogen-bond donors (Lipinski definition) is 1. The Kier molecular flexibility index (Phi) is 6.86. The van der Waals surface area contributed by atoms with Crippen molar-refractivity contribution in [2.45, 2.75) is 65.2 Å². The molecule has 0 radical (unpaired) electrons. The highest BCUT2D eigenvalue weighted by Crippen LogP contribution is 2.49. The van der Waals surface area contributed by atoms with Crippen LogP contribution in [0, 0.1) is 11.3 Å². The van der Waals surface area contributed by atoms with E-state index in [-0.39, 0.29) is 29.8 Å². The van der Waals surface area contributed by atoms with Gasteiger partial charge in [0.1, 0.15) is 17.6 Å². The van der Waals surface area contributed by atoms with Gasteiger partial charge in [-0.1, -0.05) is 31.5 Å². The zero-order valence-corrected chi connectivity index (χ0v) is 22.7. The molecule has 6 nitrogen and oxygen atoms in total. The fourth-order valence-electron chi connectivity index (χ4n) is 6.10. The van der Waals surface area contributed by atoms with Gasteiger partial charge in [0.15, 0.2) is 0 Å². The van der Waals surface area contributed by atoms with Crippen LogP contribution in [0.25, 0.3) is 11.1 Å². The van der Waals surface area contributed by atoms with Crippen LogP contribution < -0.4 is 14.8 Å². The lowest BCUT2D eigenvalue weighted by Crippen LogP contribution is -2.53. The van der Waals surface area contributed by atoms with Crippen LogP contribution in [0.3, 0.4) is 0 Å². The highest BCUT2D eigenvalue weighted by Gasteiger charge is 2.42. The number of benzene rings is 2. The summed E-state index contributed by atoms with van der Waals surface area (Å²) in [5.74, 6) is 1.90. The van der Waals surface area contributed by atoms with Gasteiger partial charge in [-0.15, -0.1) is 0 Å². The number of alkyl carbamates (subject to hydrolysis) is 1. The fraction of sp³-hybridized carbons (Fsp3) is 0.552. The smallest absolute Gasteiger partial charge is 0.407 e. The lowest BCUT2D eigenvalue weighted by atomic mass is 9.85. The van der Waals surface area contributed by atoms with Crippen LogP contribution in [0.15, 0.2) is 30.3 Å². The molecule has 3 heterocycles. The summed E-state index contributed by atoms with van der Waals surface area (Å²) in [4.78, 5) is 15.4. The molecular formula is C29H37ClN2O4. The Hall–Kier alpha value is -2.44. The summed E-state index contributed by atoms with van der Waals surface area (Å²) in [5, 5.41) is 3.77. The van der Waals surface area contributed by atoms with Crippen LogP contribution in [-0.2, 0) is 11.2 Å². The van der Waals surface area contributed by atoms with Crippen molar-refractivity contribution in [3.63, 3.8) is 0 Å². The number of piperidine rings is 3. The van der Waals surface area contributed by atoms with Crippen molar-refractivity contribution in [2.75, 3.05) is 26.7 Å². The average Bonchev–Trinajstić information content (AvgIpc) is 3.08. The number of nitrogens with zero attached hydrogens (tertiary/aromatic N) is 1. The molecule has 1 N–H and O–H groups in total. The van der Waals surface area contributed by atoms with E-state index in [1.54, 1.807) is 7.11 Å². The molecule has 1 amide bonds. The van der Waals surface area contributed by atoms with Gasteiger partial charge in [-0.3, -0.25) is 4.90 Å². The van der Waals surface area contributed by atoms with E-state index in [1.807, 2.05) is 32.0 Å². The predicted octanol–water partition coefficient (Wildman–Crippen LogP) is 6.25. The number of methoxy groups -OCH3 is 1. The lowest BCUT2D eigenvalue weighted by Gasteiger charge is -2.44. The number of amides is 1. The molecule has 0 saturated carbocycles. The largest absolute Gasteiger partial charge is 0.496 e. The van der Waals surface area contributed by atoms with Crippen molar-refractivity contribution >= 4 is 17.7 Å². The molecule has 36 heavy (non-hydrogen) atoms. The van der Waals surface area contributed by atoms with Gasteiger partial charge in [0.25, 0.3) is 0 Å². The SMILES string of the molecule is COc1cc2c(cc1-c1ccc(OC(C)C)c(Cl)c1)CC(C)(C)C2NC(=O)O[C@@H]1CN2CCC1CC2. The third kappa shape index (κ3) is 4.90. The number of halogens is 1. The normalized spacial score (nSPS) is 26.0. The standard InChI is InChI=1S/C29H37ClN2O4/c1-17(2)35-24-7-6-19(13-23(24)30)21-12-20-15-29(3,4)27(22(20)14-25(21)34-5)31-28(33)36-26-16-32-10-8-18(26)9-11-32/h6-7,12-14,17-18,26-27H,8-11,15-16H2,1-5H3,(H,31,33)/t26-,27?/m1/s1. The second-order valence-electron chi connectivity index (χ2n) is 11.4. The van der Waals surface area contributed by atoms with Crippen molar-refractivity contribution in [1.82, 2.24) is 10.2 Å². The topological polar surface area (TPSA) is 60.0 Å². The summed E-state index contributed by atoms with van der Waals surface area (Å²) >= 11 is 6.54. The van der Waals surface area contributed by atoms with Crippen molar-refractivity contribution in [1.29, 1.82) is 0 Å². The highest BCUT2D eigenvalue weighted by atomic mass is 35.5. The van der Waals surface area contributed by atoms with E-state index in [0.29, 0.717) is 16.7 Å². The third-order valence-electron chi connectivity index (χ3n) is 7.92. The summed E-state index contributed by atoms with van der Waals surface area (Å²) in [6, 6.07) is 9.91. The molecule has 7 heteroatoms. The summed E-state index contributed by atoms with van der Waals surface area (Å²) < 4.78 is 17.6. The third-order valence-corrected chi connectivity index (χ3v) is 8.22. The van der Waals surface area contributed by atoms with Crippen LogP contribution in [-0.4, -0.2) is 49.9 Å². The van der Waals surface area contributed by atoms with E-state index in [9.17, 15) is 4.79 Å². The molecular weight excluding hydrogens is 476 g/mol. The average molecular weight is 513 g/mol. The summed E-state index contributed by atoms with van der Waals surface area (Å²) in [6.45, 7) is 11.4. The maximum absolute atomic E-state index is 13.0. The quantitative estimate of drug-likeness (QED) is 0.496. The molecule has 194 valence electrons. The van der Waals surface area contributed by atoms with Crippen molar-refractivity contribution in [3.8, 4) is 22.6 Å². The minimum Gasteiger partial charge on any atom is -0.496 e. The Balaban J connectivity index is 1.38. The molecule has 4 aliphatic rings.